The number of nitrogens with one attached hydrogen (secondary N) is 1. The van der Waals surface area contributed by atoms with Gasteiger partial charge in [-0.05, 0) is 18.2 Å². The molecule has 2 heterocycles. The summed E-state index contributed by atoms with van der Waals surface area (Å²) in [5, 5.41) is 11.4. The monoisotopic (exact) mass is 332 g/mol. The smallest absolute Gasteiger partial charge is 0.362 e. The lowest BCUT2D eigenvalue weighted by Gasteiger charge is -2.03. The van der Waals surface area contributed by atoms with E-state index in [0.717, 1.165) is 5.56 Å². The minimum absolute atomic E-state index is 0.262. The standard InChI is InChI=1S/C18H12N4O3/c23-11-19-14-7-6-13-8-16(18(24)25-17(13)9-14)22-10-15(20-21-22)12-4-2-1-3-5-12/h1-11H,(H,19,23). The van der Waals surface area contributed by atoms with E-state index in [-0.39, 0.29) is 5.69 Å². The average Bonchev–Trinajstić information content (AvgIpc) is 3.12. The van der Waals surface area contributed by atoms with E-state index < -0.39 is 5.63 Å². The largest absolute Gasteiger partial charge is 0.421 e. The number of nitrogens with zero attached hydrogens (tertiary/aromatic N) is 3. The van der Waals surface area contributed by atoms with E-state index in [4.69, 9.17) is 4.42 Å². The Balaban J connectivity index is 1.78. The van der Waals surface area contributed by atoms with Crippen LogP contribution >= 0.6 is 0 Å². The predicted octanol–water partition coefficient (Wildman–Crippen LogP) is 2.61. The Morgan fingerprint density at radius 2 is 1.92 bits per heavy atom. The van der Waals surface area contributed by atoms with Crippen molar-refractivity contribution in [3.63, 3.8) is 0 Å². The quantitative estimate of drug-likeness (QED) is 0.458. The van der Waals surface area contributed by atoms with Gasteiger partial charge in [0.05, 0.1) is 6.20 Å². The highest BCUT2D eigenvalue weighted by Gasteiger charge is 2.11. The van der Waals surface area contributed by atoms with E-state index in [1.54, 1.807) is 30.5 Å². The van der Waals surface area contributed by atoms with E-state index in [9.17, 15) is 9.59 Å². The molecular formula is C18H12N4O3. The van der Waals surface area contributed by atoms with Gasteiger partial charge in [-0.2, -0.15) is 0 Å². The van der Waals surface area contributed by atoms with Gasteiger partial charge in [0.15, 0.2) is 5.69 Å². The number of benzene rings is 2. The topological polar surface area (TPSA) is 90.0 Å². The molecule has 0 aliphatic heterocycles. The zero-order chi connectivity index (χ0) is 17.2. The molecule has 0 unspecified atom stereocenters. The van der Waals surface area contributed by atoms with Crippen LogP contribution < -0.4 is 10.9 Å². The maximum Gasteiger partial charge on any atom is 0.362 e. The molecule has 0 saturated carbocycles. The van der Waals surface area contributed by atoms with Gasteiger partial charge in [-0.1, -0.05) is 35.5 Å². The minimum Gasteiger partial charge on any atom is -0.421 e. The number of rotatable bonds is 4. The summed E-state index contributed by atoms with van der Waals surface area (Å²) in [5.74, 6) is 0. The first-order chi connectivity index (χ1) is 12.2. The lowest BCUT2D eigenvalue weighted by molar-refractivity contribution is -0.105. The molecule has 0 bridgehead atoms. The summed E-state index contributed by atoms with van der Waals surface area (Å²) in [7, 11) is 0. The summed E-state index contributed by atoms with van der Waals surface area (Å²) < 4.78 is 6.74. The van der Waals surface area contributed by atoms with Gasteiger partial charge in [0.1, 0.15) is 11.3 Å². The number of hydrogen-bond donors (Lipinski definition) is 1. The van der Waals surface area contributed by atoms with Gasteiger partial charge >= 0.3 is 5.63 Å². The fourth-order valence-electron chi connectivity index (χ4n) is 2.54. The number of carbonyl (C=O) groups excluding carboxylic acids is 1. The second-order valence-corrected chi connectivity index (χ2v) is 5.35. The van der Waals surface area contributed by atoms with Gasteiger partial charge in [-0.15, -0.1) is 5.10 Å². The fraction of sp³-hybridized carbons (Fsp3) is 0. The first-order valence-electron chi connectivity index (χ1n) is 7.51. The summed E-state index contributed by atoms with van der Waals surface area (Å²) >= 11 is 0. The van der Waals surface area contributed by atoms with Crippen molar-refractivity contribution in [3.05, 3.63) is 71.2 Å². The Kier molecular flexibility index (Phi) is 3.59. The highest BCUT2D eigenvalue weighted by atomic mass is 16.4. The molecular weight excluding hydrogens is 320 g/mol. The van der Waals surface area contributed by atoms with Crippen LogP contribution in [0.4, 0.5) is 5.69 Å². The number of carbonyl (C=O) groups is 1. The van der Waals surface area contributed by atoms with E-state index in [1.807, 2.05) is 30.3 Å². The van der Waals surface area contributed by atoms with Gasteiger partial charge in [0, 0.05) is 22.7 Å². The zero-order valence-corrected chi connectivity index (χ0v) is 12.9. The second kappa shape index (κ2) is 6.04. The van der Waals surface area contributed by atoms with Crippen molar-refractivity contribution in [2.75, 3.05) is 5.32 Å². The van der Waals surface area contributed by atoms with Gasteiger partial charge in [0.2, 0.25) is 6.41 Å². The Labute approximate surface area is 141 Å². The van der Waals surface area contributed by atoms with Crippen molar-refractivity contribution in [2.45, 2.75) is 0 Å². The molecule has 0 radical (unpaired) electrons. The molecule has 122 valence electrons. The van der Waals surface area contributed by atoms with Crippen molar-refractivity contribution in [1.29, 1.82) is 0 Å². The van der Waals surface area contributed by atoms with Crippen LogP contribution in [0.2, 0.25) is 0 Å². The van der Waals surface area contributed by atoms with E-state index in [0.29, 0.717) is 28.8 Å². The predicted molar refractivity (Wildman–Crippen MR) is 92.5 cm³/mol. The minimum atomic E-state index is -0.541. The molecule has 4 rings (SSSR count). The summed E-state index contributed by atoms with van der Waals surface area (Å²) in [6, 6.07) is 16.3. The molecule has 25 heavy (non-hydrogen) atoms. The van der Waals surface area contributed by atoms with Gasteiger partial charge < -0.3 is 9.73 Å². The van der Waals surface area contributed by atoms with Crippen molar-refractivity contribution >= 4 is 23.1 Å². The third kappa shape index (κ3) is 2.78. The van der Waals surface area contributed by atoms with E-state index in [2.05, 4.69) is 15.6 Å². The Morgan fingerprint density at radius 3 is 2.72 bits per heavy atom. The molecule has 0 saturated heterocycles. The molecule has 2 aromatic carbocycles. The van der Waals surface area contributed by atoms with Crippen molar-refractivity contribution in [3.8, 4) is 16.9 Å². The number of anilines is 1. The molecule has 2 aromatic heterocycles. The average molecular weight is 332 g/mol. The third-order valence-corrected chi connectivity index (χ3v) is 3.75. The summed E-state index contributed by atoms with van der Waals surface area (Å²) in [6.07, 6.45) is 2.24. The molecule has 1 amide bonds. The van der Waals surface area contributed by atoms with Gasteiger partial charge in [0.25, 0.3) is 0 Å². The van der Waals surface area contributed by atoms with E-state index in [1.165, 1.54) is 4.68 Å². The molecule has 1 N–H and O–H groups in total. The van der Waals surface area contributed by atoms with Crippen LogP contribution in [-0.4, -0.2) is 21.4 Å². The highest BCUT2D eigenvalue weighted by molar-refractivity contribution is 5.84. The zero-order valence-electron chi connectivity index (χ0n) is 12.9. The summed E-state index contributed by atoms with van der Waals surface area (Å²) in [5.41, 5.74) is 2.21. The summed E-state index contributed by atoms with van der Waals surface area (Å²) in [6.45, 7) is 0. The first kappa shape index (κ1) is 14.8. The first-order valence-corrected chi connectivity index (χ1v) is 7.51. The Bertz CT molecular complexity index is 1120. The van der Waals surface area contributed by atoms with Crippen LogP contribution in [-0.2, 0) is 4.79 Å². The number of aromatic nitrogens is 3. The Morgan fingerprint density at radius 1 is 1.08 bits per heavy atom. The maximum absolute atomic E-state index is 12.3. The van der Waals surface area contributed by atoms with Crippen LogP contribution in [0.25, 0.3) is 27.9 Å². The van der Waals surface area contributed by atoms with Crippen molar-refractivity contribution in [1.82, 2.24) is 15.0 Å². The van der Waals surface area contributed by atoms with Crippen molar-refractivity contribution in [2.24, 2.45) is 0 Å². The lowest BCUT2D eigenvalue weighted by Crippen LogP contribution is -2.10. The number of amides is 1. The van der Waals surface area contributed by atoms with Gasteiger partial charge in [-0.25, -0.2) is 9.48 Å². The SMILES string of the molecule is O=CNc1ccc2cc(-n3cc(-c4ccccc4)nn3)c(=O)oc2c1. The molecule has 0 spiro atoms. The van der Waals surface area contributed by atoms with Crippen molar-refractivity contribution < 1.29 is 9.21 Å². The normalized spacial score (nSPS) is 10.7. The Hall–Kier alpha value is -3.74. The maximum atomic E-state index is 12.3. The molecule has 4 aromatic rings. The van der Waals surface area contributed by atoms with Crippen LogP contribution in [0.15, 0.2) is 70.0 Å². The molecule has 0 aliphatic carbocycles. The number of hydrogen-bond acceptors (Lipinski definition) is 5. The third-order valence-electron chi connectivity index (χ3n) is 3.75. The lowest BCUT2D eigenvalue weighted by atomic mass is 10.2. The molecule has 0 atom stereocenters. The van der Waals surface area contributed by atoms with Crippen LogP contribution in [0.1, 0.15) is 0 Å². The molecule has 0 fully saturated rings. The molecule has 0 aliphatic rings. The van der Waals surface area contributed by atoms with Crippen LogP contribution in [0, 0.1) is 0 Å². The van der Waals surface area contributed by atoms with E-state index >= 15 is 0 Å². The number of fused-ring (bicyclic) bond motifs is 1. The van der Waals surface area contributed by atoms with Crippen LogP contribution in [0.5, 0.6) is 0 Å². The van der Waals surface area contributed by atoms with Gasteiger partial charge in [-0.3, -0.25) is 4.79 Å². The molecule has 7 nitrogen and oxygen atoms in total. The molecule has 7 heteroatoms. The highest BCUT2D eigenvalue weighted by Crippen LogP contribution is 2.21. The van der Waals surface area contributed by atoms with Crippen LogP contribution in [0.3, 0.4) is 0 Å². The second-order valence-electron chi connectivity index (χ2n) is 5.35. The summed E-state index contributed by atoms with van der Waals surface area (Å²) in [4.78, 5) is 22.8. The fourth-order valence-corrected chi connectivity index (χ4v) is 2.54.